The summed E-state index contributed by atoms with van der Waals surface area (Å²) >= 11 is 5.85. The van der Waals surface area contributed by atoms with Gasteiger partial charge in [-0.2, -0.15) is 0 Å². The Labute approximate surface area is 165 Å². The molecular weight excluding hydrogens is 379 g/mol. The van der Waals surface area contributed by atoms with Gasteiger partial charge in [0.25, 0.3) is 11.8 Å². The van der Waals surface area contributed by atoms with Gasteiger partial charge in [-0.05, 0) is 35.9 Å². The first-order valence-corrected chi connectivity index (χ1v) is 8.89. The van der Waals surface area contributed by atoms with Crippen LogP contribution in [0.5, 0.6) is 0 Å². The topological polar surface area (TPSA) is 49.4 Å². The van der Waals surface area contributed by atoms with Crippen molar-refractivity contribution in [2.24, 2.45) is 0 Å². The maximum absolute atomic E-state index is 13.5. The van der Waals surface area contributed by atoms with E-state index in [0.29, 0.717) is 11.3 Å². The second-order valence-electron chi connectivity index (χ2n) is 6.15. The number of carbonyl (C=O) groups excluding carboxylic acids is 2. The largest absolute Gasteiger partial charge is 0.350 e. The van der Waals surface area contributed by atoms with Crippen molar-refractivity contribution in [2.75, 3.05) is 10.2 Å². The molecule has 0 atom stereocenters. The van der Waals surface area contributed by atoms with E-state index in [-0.39, 0.29) is 22.0 Å². The summed E-state index contributed by atoms with van der Waals surface area (Å²) in [5.41, 5.74) is 1.89. The Morgan fingerprint density at radius 3 is 2.11 bits per heavy atom. The van der Waals surface area contributed by atoms with Crippen LogP contribution in [-0.2, 0) is 9.59 Å². The molecule has 0 radical (unpaired) electrons. The van der Waals surface area contributed by atoms with Gasteiger partial charge in [0.05, 0.1) is 16.3 Å². The van der Waals surface area contributed by atoms with Crippen molar-refractivity contribution in [2.45, 2.75) is 0 Å². The Balaban J connectivity index is 1.82. The number of hydrogen-bond donors (Lipinski definition) is 1. The summed E-state index contributed by atoms with van der Waals surface area (Å²) in [6, 6.07) is 21.8. The second-order valence-corrected chi connectivity index (χ2v) is 6.56. The van der Waals surface area contributed by atoms with Gasteiger partial charge in [0, 0.05) is 5.69 Å². The second kappa shape index (κ2) is 7.29. The lowest BCUT2D eigenvalue weighted by atomic mass is 10.0. The van der Waals surface area contributed by atoms with Crippen molar-refractivity contribution in [3.63, 3.8) is 0 Å². The van der Waals surface area contributed by atoms with Crippen molar-refractivity contribution in [1.82, 2.24) is 0 Å². The first-order valence-electron chi connectivity index (χ1n) is 8.52. The number of anilines is 2. The van der Waals surface area contributed by atoms with Crippen molar-refractivity contribution in [3.8, 4) is 0 Å². The molecule has 28 heavy (non-hydrogen) atoms. The molecule has 0 fully saturated rings. The fourth-order valence-corrected chi connectivity index (χ4v) is 3.22. The Kier molecular flexibility index (Phi) is 4.67. The number of nitrogens with zero attached hydrogens (tertiary/aromatic N) is 1. The lowest BCUT2D eigenvalue weighted by Gasteiger charge is -2.16. The average molecular weight is 393 g/mol. The molecule has 1 aliphatic heterocycles. The molecule has 1 heterocycles. The van der Waals surface area contributed by atoms with Crippen molar-refractivity contribution < 1.29 is 14.0 Å². The zero-order chi connectivity index (χ0) is 19.7. The number of halogens is 2. The molecule has 2 amide bonds. The quantitative estimate of drug-likeness (QED) is 0.644. The number of rotatable bonds is 4. The van der Waals surface area contributed by atoms with E-state index in [4.69, 9.17) is 11.6 Å². The maximum atomic E-state index is 13.5. The number of imide groups is 1. The van der Waals surface area contributed by atoms with Crippen molar-refractivity contribution in [1.29, 1.82) is 0 Å². The van der Waals surface area contributed by atoms with E-state index in [2.05, 4.69) is 5.32 Å². The van der Waals surface area contributed by atoms with E-state index < -0.39 is 17.6 Å². The van der Waals surface area contributed by atoms with Crippen LogP contribution in [0.3, 0.4) is 0 Å². The van der Waals surface area contributed by atoms with Gasteiger partial charge in [0.15, 0.2) is 0 Å². The van der Waals surface area contributed by atoms with E-state index in [1.54, 1.807) is 36.4 Å². The molecular formula is C22H14ClFN2O2. The lowest BCUT2D eigenvalue weighted by molar-refractivity contribution is -0.120. The van der Waals surface area contributed by atoms with Crippen LogP contribution < -0.4 is 10.2 Å². The number of nitrogens with one attached hydrogen (secondary N) is 1. The highest BCUT2D eigenvalue weighted by molar-refractivity contribution is 6.46. The van der Waals surface area contributed by atoms with E-state index >= 15 is 0 Å². The van der Waals surface area contributed by atoms with Crippen molar-refractivity contribution >= 4 is 40.4 Å². The highest BCUT2D eigenvalue weighted by Crippen LogP contribution is 2.34. The van der Waals surface area contributed by atoms with Crippen LogP contribution in [0.25, 0.3) is 5.57 Å². The molecule has 0 bridgehead atoms. The first kappa shape index (κ1) is 17.9. The normalized spacial score (nSPS) is 14.0. The molecule has 3 aromatic rings. The van der Waals surface area contributed by atoms with Gasteiger partial charge in [-0.1, -0.05) is 60.1 Å². The first-order chi connectivity index (χ1) is 13.6. The third-order valence-electron chi connectivity index (χ3n) is 4.35. The summed E-state index contributed by atoms with van der Waals surface area (Å²) in [6.07, 6.45) is 0. The minimum absolute atomic E-state index is 0.155. The van der Waals surface area contributed by atoms with Crippen LogP contribution in [0.1, 0.15) is 5.56 Å². The highest BCUT2D eigenvalue weighted by Gasteiger charge is 2.40. The number of para-hydroxylation sites is 1. The van der Waals surface area contributed by atoms with Gasteiger partial charge < -0.3 is 5.32 Å². The number of carbonyl (C=O) groups is 2. The van der Waals surface area contributed by atoms with Crippen LogP contribution in [0.2, 0.25) is 5.02 Å². The zero-order valence-electron chi connectivity index (χ0n) is 14.5. The summed E-state index contributed by atoms with van der Waals surface area (Å²) in [5, 5.41) is 2.89. The fourth-order valence-electron chi connectivity index (χ4n) is 3.04. The van der Waals surface area contributed by atoms with Crippen LogP contribution >= 0.6 is 11.6 Å². The molecule has 1 N–H and O–H groups in total. The molecule has 0 aliphatic carbocycles. The van der Waals surface area contributed by atoms with E-state index in [1.165, 1.54) is 12.1 Å². The highest BCUT2D eigenvalue weighted by atomic mass is 35.5. The number of amides is 2. The average Bonchev–Trinajstić information content (AvgIpc) is 2.95. The van der Waals surface area contributed by atoms with Gasteiger partial charge in [0.1, 0.15) is 11.5 Å². The molecule has 1 aliphatic rings. The van der Waals surface area contributed by atoms with Gasteiger partial charge >= 0.3 is 0 Å². The zero-order valence-corrected chi connectivity index (χ0v) is 15.3. The molecule has 4 nitrogen and oxygen atoms in total. The summed E-state index contributed by atoms with van der Waals surface area (Å²) in [6.45, 7) is 0. The minimum Gasteiger partial charge on any atom is -0.350 e. The van der Waals surface area contributed by atoms with Gasteiger partial charge in [0.2, 0.25) is 0 Å². The molecule has 4 rings (SSSR count). The SMILES string of the molecule is O=C1C(Nc2ccccc2)=C(c2ccccc2)C(=O)N1c1ccc(F)c(Cl)c1. The lowest BCUT2D eigenvalue weighted by Crippen LogP contribution is -2.32. The molecule has 0 saturated heterocycles. The van der Waals surface area contributed by atoms with E-state index in [1.807, 2.05) is 24.3 Å². The van der Waals surface area contributed by atoms with Gasteiger partial charge in [-0.25, -0.2) is 9.29 Å². The number of hydrogen-bond acceptors (Lipinski definition) is 3. The Hall–Kier alpha value is -3.44. The summed E-state index contributed by atoms with van der Waals surface area (Å²) in [4.78, 5) is 27.3. The number of benzene rings is 3. The third kappa shape index (κ3) is 3.17. The van der Waals surface area contributed by atoms with E-state index in [0.717, 1.165) is 11.0 Å². The predicted octanol–water partition coefficient (Wildman–Crippen LogP) is 4.88. The molecule has 138 valence electrons. The van der Waals surface area contributed by atoms with Crippen LogP contribution in [0, 0.1) is 5.82 Å². The van der Waals surface area contributed by atoms with Crippen LogP contribution in [0.15, 0.2) is 84.6 Å². The molecule has 6 heteroatoms. The molecule has 0 saturated carbocycles. The Morgan fingerprint density at radius 2 is 1.46 bits per heavy atom. The maximum Gasteiger partial charge on any atom is 0.282 e. The van der Waals surface area contributed by atoms with Gasteiger partial charge in [-0.15, -0.1) is 0 Å². The molecule has 0 spiro atoms. The Morgan fingerprint density at radius 1 is 0.821 bits per heavy atom. The standard InChI is InChI=1S/C22H14ClFN2O2/c23-17-13-16(11-12-18(17)24)26-21(27)19(14-7-3-1-4-8-14)20(22(26)28)25-15-9-5-2-6-10-15/h1-13,25H. The summed E-state index contributed by atoms with van der Waals surface area (Å²) < 4.78 is 13.5. The predicted molar refractivity (Wildman–Crippen MR) is 107 cm³/mol. The third-order valence-corrected chi connectivity index (χ3v) is 4.64. The fraction of sp³-hybridized carbons (Fsp3) is 0. The summed E-state index contributed by atoms with van der Waals surface area (Å²) in [7, 11) is 0. The van der Waals surface area contributed by atoms with Gasteiger partial charge in [-0.3, -0.25) is 9.59 Å². The smallest absolute Gasteiger partial charge is 0.282 e. The van der Waals surface area contributed by atoms with Crippen LogP contribution in [-0.4, -0.2) is 11.8 Å². The molecule has 0 unspecified atom stereocenters. The Bertz CT molecular complexity index is 1100. The minimum atomic E-state index is -0.622. The summed E-state index contributed by atoms with van der Waals surface area (Å²) in [5.74, 6) is -1.66. The van der Waals surface area contributed by atoms with Crippen molar-refractivity contribution in [3.05, 3.63) is 101 Å². The van der Waals surface area contributed by atoms with Crippen LogP contribution in [0.4, 0.5) is 15.8 Å². The monoisotopic (exact) mass is 392 g/mol. The molecule has 0 aromatic heterocycles. The van der Waals surface area contributed by atoms with E-state index in [9.17, 15) is 14.0 Å². The molecule has 3 aromatic carbocycles.